The Morgan fingerprint density at radius 2 is 1.78 bits per heavy atom. The van der Waals surface area contributed by atoms with Gasteiger partial charge in [0.05, 0.1) is 13.1 Å². The average molecular weight is 372 g/mol. The third-order valence-corrected chi connectivity index (χ3v) is 4.49. The van der Waals surface area contributed by atoms with E-state index >= 15 is 0 Å². The van der Waals surface area contributed by atoms with Gasteiger partial charge in [0.25, 0.3) is 5.91 Å². The second-order valence-electron chi connectivity index (χ2n) is 6.37. The molecule has 138 valence electrons. The first-order valence-corrected chi connectivity index (χ1v) is 8.39. The van der Waals surface area contributed by atoms with Gasteiger partial charge in [-0.3, -0.25) is 4.79 Å². The van der Waals surface area contributed by atoms with Crippen LogP contribution in [0.5, 0.6) is 5.88 Å². The van der Waals surface area contributed by atoms with E-state index in [2.05, 4.69) is 4.98 Å². The quantitative estimate of drug-likeness (QED) is 0.693. The molecule has 27 heavy (non-hydrogen) atoms. The first-order valence-electron chi connectivity index (χ1n) is 8.39. The number of carbonyl (C=O) groups is 1. The van der Waals surface area contributed by atoms with E-state index in [0.29, 0.717) is 5.56 Å². The zero-order valence-electron chi connectivity index (χ0n) is 14.1. The van der Waals surface area contributed by atoms with Gasteiger partial charge >= 0.3 is 6.18 Å². The highest BCUT2D eigenvalue weighted by molar-refractivity contribution is 5.99. The molecule has 1 amide bonds. The van der Waals surface area contributed by atoms with Crippen molar-refractivity contribution in [3.8, 4) is 5.88 Å². The van der Waals surface area contributed by atoms with Crippen LogP contribution in [0.15, 0.2) is 60.8 Å². The van der Waals surface area contributed by atoms with Gasteiger partial charge < -0.3 is 9.64 Å². The van der Waals surface area contributed by atoms with E-state index in [1.807, 2.05) is 36.4 Å². The lowest BCUT2D eigenvalue weighted by Gasteiger charge is -2.39. The fourth-order valence-corrected chi connectivity index (χ4v) is 3.04. The van der Waals surface area contributed by atoms with Crippen molar-refractivity contribution in [1.82, 2.24) is 9.88 Å². The van der Waals surface area contributed by atoms with Crippen LogP contribution in [0.1, 0.15) is 15.9 Å². The lowest BCUT2D eigenvalue weighted by Crippen LogP contribution is -2.56. The van der Waals surface area contributed by atoms with Crippen molar-refractivity contribution in [2.24, 2.45) is 0 Å². The second kappa shape index (κ2) is 6.57. The van der Waals surface area contributed by atoms with Gasteiger partial charge in [0.2, 0.25) is 5.88 Å². The van der Waals surface area contributed by atoms with Crippen LogP contribution in [0.2, 0.25) is 0 Å². The summed E-state index contributed by atoms with van der Waals surface area (Å²) in [6.07, 6.45) is -3.79. The van der Waals surface area contributed by atoms with Gasteiger partial charge in [0.1, 0.15) is 11.7 Å². The number of amides is 1. The summed E-state index contributed by atoms with van der Waals surface area (Å²) in [4.78, 5) is 17.8. The molecule has 4 nitrogen and oxygen atoms in total. The number of likely N-dealkylation sites (tertiary alicyclic amines) is 1. The number of aromatic nitrogens is 1. The van der Waals surface area contributed by atoms with Gasteiger partial charge in [-0.05, 0) is 35.0 Å². The number of ether oxygens (including phenoxy) is 1. The maximum Gasteiger partial charge on any atom is 0.421 e. The molecule has 3 aromatic rings. The maximum absolute atomic E-state index is 13.0. The van der Waals surface area contributed by atoms with Crippen LogP contribution in [0.4, 0.5) is 13.2 Å². The van der Waals surface area contributed by atoms with Crippen molar-refractivity contribution in [2.45, 2.75) is 12.3 Å². The van der Waals surface area contributed by atoms with Gasteiger partial charge in [0.15, 0.2) is 0 Å². The molecule has 0 N–H and O–H groups in total. The predicted octanol–water partition coefficient (Wildman–Crippen LogP) is 4.16. The average Bonchev–Trinajstić information content (AvgIpc) is 2.63. The van der Waals surface area contributed by atoms with Crippen LogP contribution < -0.4 is 4.74 Å². The number of hydrogen-bond donors (Lipinski definition) is 0. The molecule has 1 aliphatic rings. The van der Waals surface area contributed by atoms with Gasteiger partial charge in [-0.15, -0.1) is 0 Å². The van der Waals surface area contributed by atoms with Gasteiger partial charge in [-0.1, -0.05) is 30.3 Å². The first kappa shape index (κ1) is 17.3. The minimum atomic E-state index is -4.53. The van der Waals surface area contributed by atoms with Crippen LogP contribution in [0.3, 0.4) is 0 Å². The zero-order valence-corrected chi connectivity index (χ0v) is 14.1. The van der Waals surface area contributed by atoms with E-state index in [4.69, 9.17) is 4.74 Å². The summed E-state index contributed by atoms with van der Waals surface area (Å²) in [5.74, 6) is -0.620. The molecule has 1 saturated heterocycles. The lowest BCUT2D eigenvalue weighted by atomic mass is 10.0. The summed E-state index contributed by atoms with van der Waals surface area (Å²) in [7, 11) is 0. The molecule has 1 fully saturated rings. The van der Waals surface area contributed by atoms with Gasteiger partial charge in [0, 0.05) is 11.8 Å². The van der Waals surface area contributed by atoms with Crippen LogP contribution in [0, 0.1) is 0 Å². The Balaban J connectivity index is 1.43. The summed E-state index contributed by atoms with van der Waals surface area (Å²) in [5, 5.41) is 1.99. The molecule has 0 unspecified atom stereocenters. The van der Waals surface area contributed by atoms with E-state index in [0.717, 1.165) is 16.8 Å². The van der Waals surface area contributed by atoms with Crippen LogP contribution in [-0.2, 0) is 6.18 Å². The Kier molecular flexibility index (Phi) is 4.22. The van der Waals surface area contributed by atoms with E-state index in [9.17, 15) is 18.0 Å². The number of fused-ring (bicyclic) bond motifs is 1. The lowest BCUT2D eigenvalue weighted by molar-refractivity contribution is -0.140. The van der Waals surface area contributed by atoms with Gasteiger partial charge in [-0.25, -0.2) is 4.98 Å². The third-order valence-electron chi connectivity index (χ3n) is 4.49. The summed E-state index contributed by atoms with van der Waals surface area (Å²) in [6.45, 7) is 0.444. The highest BCUT2D eigenvalue weighted by Gasteiger charge is 2.38. The normalized spacial score (nSPS) is 14.9. The summed E-state index contributed by atoms with van der Waals surface area (Å²) in [6, 6.07) is 15.3. The van der Waals surface area contributed by atoms with Crippen molar-refractivity contribution in [3.05, 3.63) is 71.9 Å². The van der Waals surface area contributed by atoms with Crippen LogP contribution in [-0.4, -0.2) is 35.0 Å². The Labute approximate surface area is 153 Å². The molecule has 1 aromatic heterocycles. The van der Waals surface area contributed by atoms with Crippen molar-refractivity contribution < 1.29 is 22.7 Å². The van der Waals surface area contributed by atoms with Crippen molar-refractivity contribution in [3.63, 3.8) is 0 Å². The van der Waals surface area contributed by atoms with Crippen LogP contribution >= 0.6 is 0 Å². The molecule has 0 bridgehead atoms. The number of hydrogen-bond acceptors (Lipinski definition) is 3. The standard InChI is InChI=1S/C20H15F3N2O2/c21-20(22,23)17-6-3-9-24-18(17)27-16-11-25(12-16)19(26)15-8-7-13-4-1-2-5-14(13)10-15/h1-10,16H,11-12H2. The summed E-state index contributed by atoms with van der Waals surface area (Å²) < 4.78 is 44.3. The smallest absolute Gasteiger partial charge is 0.421 e. The number of rotatable bonds is 3. The fourth-order valence-electron chi connectivity index (χ4n) is 3.04. The largest absolute Gasteiger partial charge is 0.470 e. The second-order valence-corrected chi connectivity index (χ2v) is 6.37. The predicted molar refractivity (Wildman–Crippen MR) is 93.5 cm³/mol. The molecule has 0 radical (unpaired) electrons. The highest BCUT2D eigenvalue weighted by atomic mass is 19.4. The molecule has 0 saturated carbocycles. The summed E-state index contributed by atoms with van der Waals surface area (Å²) in [5.41, 5.74) is -0.370. The molecule has 0 atom stereocenters. The van der Waals surface area contributed by atoms with E-state index < -0.39 is 23.7 Å². The molecule has 0 aliphatic carbocycles. The number of alkyl halides is 3. The number of halogens is 3. The monoisotopic (exact) mass is 372 g/mol. The minimum absolute atomic E-state index is 0.169. The van der Waals surface area contributed by atoms with Gasteiger partial charge in [-0.2, -0.15) is 13.2 Å². The molecule has 7 heteroatoms. The molecule has 0 spiro atoms. The number of nitrogens with zero attached hydrogens (tertiary/aromatic N) is 2. The van der Waals surface area contributed by atoms with E-state index in [1.165, 1.54) is 12.3 Å². The first-order chi connectivity index (χ1) is 12.9. The number of pyridine rings is 1. The van der Waals surface area contributed by atoms with Crippen molar-refractivity contribution in [2.75, 3.05) is 13.1 Å². The third kappa shape index (κ3) is 3.45. The Bertz CT molecular complexity index is 998. The fraction of sp³-hybridized carbons (Fsp3) is 0.200. The highest BCUT2D eigenvalue weighted by Crippen LogP contribution is 2.35. The molecule has 1 aliphatic heterocycles. The van der Waals surface area contributed by atoms with Crippen molar-refractivity contribution in [1.29, 1.82) is 0 Å². The maximum atomic E-state index is 13.0. The minimum Gasteiger partial charge on any atom is -0.470 e. The van der Waals surface area contributed by atoms with E-state index in [-0.39, 0.29) is 19.0 Å². The van der Waals surface area contributed by atoms with E-state index in [1.54, 1.807) is 11.0 Å². The van der Waals surface area contributed by atoms with Crippen molar-refractivity contribution >= 4 is 16.7 Å². The molecule has 2 heterocycles. The topological polar surface area (TPSA) is 42.4 Å². The molecule has 2 aromatic carbocycles. The molecular formula is C20H15F3N2O2. The number of benzene rings is 2. The summed E-state index contributed by atoms with van der Waals surface area (Å²) >= 11 is 0. The molecular weight excluding hydrogens is 357 g/mol. The zero-order chi connectivity index (χ0) is 19.0. The SMILES string of the molecule is O=C(c1ccc2ccccc2c1)N1CC(Oc2ncccc2C(F)(F)F)C1. The Morgan fingerprint density at radius 3 is 2.52 bits per heavy atom. The Morgan fingerprint density at radius 1 is 1.04 bits per heavy atom. The molecule has 4 rings (SSSR count). The number of carbonyl (C=O) groups excluding carboxylic acids is 1. The Hall–Kier alpha value is -3.09. The van der Waals surface area contributed by atoms with Crippen LogP contribution in [0.25, 0.3) is 10.8 Å².